The maximum absolute atomic E-state index is 2.43. The van der Waals surface area contributed by atoms with E-state index in [1.54, 1.807) is 0 Å². The maximum Gasteiger partial charge on any atom is 0.0159 e. The average molecular weight is 471 g/mol. The van der Waals surface area contributed by atoms with Crippen LogP contribution in [0.25, 0.3) is 66.4 Å². The second-order valence-corrected chi connectivity index (χ2v) is 10.9. The van der Waals surface area contributed by atoms with Crippen molar-refractivity contribution in [3.05, 3.63) is 132 Å². The van der Waals surface area contributed by atoms with Gasteiger partial charge in [-0.25, -0.2) is 0 Å². The second-order valence-electron chi connectivity index (χ2n) is 10.9. The molecule has 8 rings (SSSR count). The van der Waals surface area contributed by atoms with Crippen LogP contribution in [0.5, 0.6) is 0 Å². The summed E-state index contributed by atoms with van der Waals surface area (Å²) in [5.41, 5.74) is 16.0. The summed E-state index contributed by atoms with van der Waals surface area (Å²) >= 11 is 0. The molecular formula is C37H26. The van der Waals surface area contributed by atoms with Gasteiger partial charge in [0.15, 0.2) is 0 Å². The van der Waals surface area contributed by atoms with Gasteiger partial charge in [-0.05, 0) is 83.6 Å². The average Bonchev–Trinajstić information content (AvgIpc) is 3.28. The van der Waals surface area contributed by atoms with Crippen molar-refractivity contribution in [3.8, 4) is 55.6 Å². The van der Waals surface area contributed by atoms with E-state index in [0.29, 0.717) is 0 Å². The minimum atomic E-state index is -0.0890. The first-order valence-corrected chi connectivity index (χ1v) is 13.1. The molecule has 0 atom stereocenters. The molecule has 0 heteroatoms. The lowest BCUT2D eigenvalue weighted by Crippen LogP contribution is -2.23. The zero-order chi connectivity index (χ0) is 24.7. The summed E-state index contributed by atoms with van der Waals surface area (Å²) in [5.74, 6) is 0. The third kappa shape index (κ3) is 2.79. The van der Waals surface area contributed by atoms with E-state index in [9.17, 15) is 0 Å². The third-order valence-electron chi connectivity index (χ3n) is 8.65. The number of benzene rings is 6. The van der Waals surface area contributed by atoms with Gasteiger partial charge >= 0.3 is 0 Å². The van der Waals surface area contributed by atoms with Gasteiger partial charge in [0, 0.05) is 5.41 Å². The minimum Gasteiger partial charge on any atom is -0.0622 e. The summed E-state index contributed by atoms with van der Waals surface area (Å²) in [6.45, 7) is 4.78. The lowest BCUT2D eigenvalue weighted by atomic mass is 9.67. The van der Waals surface area contributed by atoms with Gasteiger partial charge in [-0.15, -0.1) is 0 Å². The Morgan fingerprint density at radius 3 is 1.51 bits per heavy atom. The Bertz CT molecular complexity index is 1840. The highest BCUT2D eigenvalue weighted by Gasteiger charge is 2.36. The third-order valence-corrected chi connectivity index (χ3v) is 8.65. The Kier molecular flexibility index (Phi) is 4.10. The van der Waals surface area contributed by atoms with Gasteiger partial charge in [-0.3, -0.25) is 0 Å². The first-order valence-electron chi connectivity index (χ1n) is 13.1. The molecule has 2 aliphatic carbocycles. The SMILES string of the molecule is CC1(C)c2cc(-c3ccc(-c4ccccc4)cc3)ccc2-c2ccc3c4c(ccc1c24)-c1ccccc1-3. The van der Waals surface area contributed by atoms with E-state index >= 15 is 0 Å². The Labute approximate surface area is 217 Å². The van der Waals surface area contributed by atoms with E-state index < -0.39 is 0 Å². The molecular weight excluding hydrogens is 444 g/mol. The zero-order valence-electron chi connectivity index (χ0n) is 21.0. The van der Waals surface area contributed by atoms with Crippen molar-refractivity contribution < 1.29 is 0 Å². The van der Waals surface area contributed by atoms with Gasteiger partial charge < -0.3 is 0 Å². The van der Waals surface area contributed by atoms with Crippen LogP contribution in [0.2, 0.25) is 0 Å². The van der Waals surface area contributed by atoms with Gasteiger partial charge in [0.25, 0.3) is 0 Å². The maximum atomic E-state index is 2.43. The first-order chi connectivity index (χ1) is 18.1. The van der Waals surface area contributed by atoms with Crippen LogP contribution in [-0.4, -0.2) is 0 Å². The summed E-state index contributed by atoms with van der Waals surface area (Å²) in [6.07, 6.45) is 0. The molecule has 0 saturated heterocycles. The molecule has 174 valence electrons. The quantitative estimate of drug-likeness (QED) is 0.236. The molecule has 6 aromatic carbocycles. The van der Waals surface area contributed by atoms with Crippen LogP contribution in [0.4, 0.5) is 0 Å². The summed E-state index contributed by atoms with van der Waals surface area (Å²) in [6, 6.07) is 45.0. The molecule has 0 aromatic heterocycles. The Morgan fingerprint density at radius 1 is 0.351 bits per heavy atom. The highest BCUT2D eigenvalue weighted by molar-refractivity contribution is 6.20. The molecule has 0 amide bonds. The largest absolute Gasteiger partial charge is 0.0622 e. The normalized spacial score (nSPS) is 13.9. The van der Waals surface area contributed by atoms with Crippen LogP contribution in [0.1, 0.15) is 25.0 Å². The molecule has 0 nitrogen and oxygen atoms in total. The van der Waals surface area contributed by atoms with Crippen LogP contribution in [0.15, 0.2) is 121 Å². The van der Waals surface area contributed by atoms with Crippen LogP contribution in [-0.2, 0) is 5.41 Å². The van der Waals surface area contributed by atoms with Crippen molar-refractivity contribution in [2.45, 2.75) is 19.3 Å². The highest BCUT2D eigenvalue weighted by atomic mass is 14.4. The highest BCUT2D eigenvalue weighted by Crippen LogP contribution is 2.56. The van der Waals surface area contributed by atoms with Crippen molar-refractivity contribution in [1.82, 2.24) is 0 Å². The van der Waals surface area contributed by atoms with Crippen molar-refractivity contribution >= 4 is 10.8 Å². The zero-order valence-corrected chi connectivity index (χ0v) is 21.0. The molecule has 0 saturated carbocycles. The van der Waals surface area contributed by atoms with Crippen molar-refractivity contribution in [2.24, 2.45) is 0 Å². The Balaban J connectivity index is 1.30. The van der Waals surface area contributed by atoms with Crippen LogP contribution in [0, 0.1) is 0 Å². The molecule has 0 bridgehead atoms. The van der Waals surface area contributed by atoms with E-state index in [1.807, 2.05) is 0 Å². The van der Waals surface area contributed by atoms with Crippen molar-refractivity contribution in [2.75, 3.05) is 0 Å². The van der Waals surface area contributed by atoms with Crippen molar-refractivity contribution in [3.63, 3.8) is 0 Å². The molecule has 0 spiro atoms. The van der Waals surface area contributed by atoms with E-state index in [1.165, 1.54) is 77.5 Å². The predicted octanol–water partition coefficient (Wildman–Crippen LogP) is 10.1. The monoisotopic (exact) mass is 470 g/mol. The minimum absolute atomic E-state index is 0.0890. The van der Waals surface area contributed by atoms with Gasteiger partial charge in [0.2, 0.25) is 0 Å². The molecule has 0 radical (unpaired) electrons. The standard InChI is InChI=1S/C37H26/c1-37(2)33-21-20-31-28-11-7-6-10-27(28)30-18-19-32(36(33)35(30)31)29-17-16-26(22-34(29)37)25-14-12-24(13-15-25)23-8-4-3-5-9-23/h3-22H,1-2H3. The second kappa shape index (κ2) is 7.31. The van der Waals surface area contributed by atoms with E-state index in [4.69, 9.17) is 0 Å². The first kappa shape index (κ1) is 20.7. The predicted molar refractivity (Wildman–Crippen MR) is 157 cm³/mol. The lowest BCUT2D eigenvalue weighted by Gasteiger charge is -2.36. The molecule has 37 heavy (non-hydrogen) atoms. The molecule has 2 aliphatic rings. The van der Waals surface area contributed by atoms with E-state index in [-0.39, 0.29) is 5.41 Å². The summed E-state index contributed by atoms with van der Waals surface area (Å²) in [7, 11) is 0. The number of hydrogen-bond acceptors (Lipinski definition) is 0. The number of rotatable bonds is 2. The van der Waals surface area contributed by atoms with Gasteiger partial charge in [-0.1, -0.05) is 129 Å². The fourth-order valence-electron chi connectivity index (χ4n) is 6.75. The smallest absolute Gasteiger partial charge is 0.0159 e. The van der Waals surface area contributed by atoms with Gasteiger partial charge in [0.05, 0.1) is 0 Å². The number of hydrogen-bond donors (Lipinski definition) is 0. The van der Waals surface area contributed by atoms with Crippen molar-refractivity contribution in [1.29, 1.82) is 0 Å². The fourth-order valence-corrected chi connectivity index (χ4v) is 6.75. The van der Waals surface area contributed by atoms with E-state index in [0.717, 1.165) is 0 Å². The summed E-state index contributed by atoms with van der Waals surface area (Å²) < 4.78 is 0. The van der Waals surface area contributed by atoms with Crippen LogP contribution < -0.4 is 0 Å². The van der Waals surface area contributed by atoms with E-state index in [2.05, 4.69) is 135 Å². The van der Waals surface area contributed by atoms with Gasteiger partial charge in [-0.2, -0.15) is 0 Å². The Morgan fingerprint density at radius 2 is 0.838 bits per heavy atom. The Hall–Kier alpha value is -4.42. The van der Waals surface area contributed by atoms with Gasteiger partial charge in [0.1, 0.15) is 0 Å². The van der Waals surface area contributed by atoms with Crippen LogP contribution >= 0.6 is 0 Å². The molecule has 0 heterocycles. The molecule has 0 fully saturated rings. The van der Waals surface area contributed by atoms with Crippen LogP contribution in [0.3, 0.4) is 0 Å². The lowest BCUT2D eigenvalue weighted by molar-refractivity contribution is 0.645. The summed E-state index contributed by atoms with van der Waals surface area (Å²) in [4.78, 5) is 0. The summed E-state index contributed by atoms with van der Waals surface area (Å²) in [5, 5.41) is 2.86. The number of fused-ring (bicyclic) bond motifs is 5. The molecule has 0 N–H and O–H groups in total. The molecule has 6 aromatic rings. The molecule has 0 unspecified atom stereocenters. The topological polar surface area (TPSA) is 0 Å². The fraction of sp³-hybridized carbons (Fsp3) is 0.0811. The molecule has 0 aliphatic heterocycles.